The van der Waals surface area contributed by atoms with E-state index in [2.05, 4.69) is 15.6 Å². The van der Waals surface area contributed by atoms with Gasteiger partial charge in [0.2, 0.25) is 0 Å². The summed E-state index contributed by atoms with van der Waals surface area (Å²) in [7, 11) is 1.60. The van der Waals surface area contributed by atoms with Gasteiger partial charge in [-0.05, 0) is 54.6 Å². The van der Waals surface area contributed by atoms with E-state index in [1.807, 2.05) is 24.3 Å². The minimum atomic E-state index is -0.541. The van der Waals surface area contributed by atoms with Crippen molar-refractivity contribution < 1.29 is 13.9 Å². The summed E-state index contributed by atoms with van der Waals surface area (Å²) in [6.45, 7) is 0. The van der Waals surface area contributed by atoms with Gasteiger partial charge in [0.25, 0.3) is 5.91 Å². The number of benzene rings is 2. The summed E-state index contributed by atoms with van der Waals surface area (Å²) < 4.78 is 18.3. The van der Waals surface area contributed by atoms with Crippen LogP contribution in [0.1, 0.15) is 10.4 Å². The molecule has 132 valence electrons. The van der Waals surface area contributed by atoms with E-state index >= 15 is 0 Å². The van der Waals surface area contributed by atoms with Crippen LogP contribution in [0.15, 0.2) is 60.8 Å². The third kappa shape index (κ3) is 4.29. The number of nitrogens with zero attached hydrogens (tertiary/aromatic N) is 1. The maximum Gasteiger partial charge on any atom is 0.257 e. The average Bonchev–Trinajstić information content (AvgIpc) is 2.66. The number of anilines is 3. The van der Waals surface area contributed by atoms with E-state index in [-0.39, 0.29) is 10.9 Å². The van der Waals surface area contributed by atoms with Crippen molar-refractivity contribution in [2.45, 2.75) is 0 Å². The van der Waals surface area contributed by atoms with Gasteiger partial charge in [0.1, 0.15) is 17.4 Å². The van der Waals surface area contributed by atoms with E-state index in [0.717, 1.165) is 11.4 Å². The molecule has 0 radical (unpaired) electrons. The molecule has 0 atom stereocenters. The van der Waals surface area contributed by atoms with Crippen molar-refractivity contribution in [1.29, 1.82) is 0 Å². The maximum atomic E-state index is 13.2. The van der Waals surface area contributed by atoms with Gasteiger partial charge in [0.05, 0.1) is 17.7 Å². The van der Waals surface area contributed by atoms with Crippen LogP contribution < -0.4 is 15.4 Å². The summed E-state index contributed by atoms with van der Waals surface area (Å²) in [5, 5.41) is 5.72. The Bertz CT molecular complexity index is 915. The molecule has 0 aliphatic carbocycles. The van der Waals surface area contributed by atoms with Gasteiger partial charge in [-0.15, -0.1) is 0 Å². The standard InChI is InChI=1S/C19H15ClFN3O2/c1-26-15-6-3-13(4-7-15)23-18-9-2-12(11-22-18)19(25)24-14-5-8-17(21)16(20)10-14/h2-11H,1H3,(H,22,23)(H,24,25). The molecule has 1 amide bonds. The first kappa shape index (κ1) is 17.7. The number of aromatic nitrogens is 1. The SMILES string of the molecule is COc1ccc(Nc2ccc(C(=O)Nc3ccc(F)c(Cl)c3)cn2)cc1. The highest BCUT2D eigenvalue weighted by molar-refractivity contribution is 6.31. The Morgan fingerprint density at radius 3 is 2.42 bits per heavy atom. The van der Waals surface area contributed by atoms with E-state index < -0.39 is 5.82 Å². The summed E-state index contributed by atoms with van der Waals surface area (Å²) in [5.41, 5.74) is 1.61. The lowest BCUT2D eigenvalue weighted by atomic mass is 10.2. The van der Waals surface area contributed by atoms with Crippen LogP contribution in [0.25, 0.3) is 0 Å². The maximum absolute atomic E-state index is 13.2. The van der Waals surface area contributed by atoms with Crippen molar-refractivity contribution in [3.8, 4) is 5.75 Å². The number of halogens is 2. The Hall–Kier alpha value is -3.12. The lowest BCUT2D eigenvalue weighted by Crippen LogP contribution is -2.12. The minimum absolute atomic E-state index is 0.0556. The number of pyridine rings is 1. The predicted molar refractivity (Wildman–Crippen MR) is 99.9 cm³/mol. The highest BCUT2D eigenvalue weighted by Gasteiger charge is 2.09. The van der Waals surface area contributed by atoms with Crippen molar-refractivity contribution >= 4 is 34.7 Å². The summed E-state index contributed by atoms with van der Waals surface area (Å²) in [4.78, 5) is 16.4. The fourth-order valence-corrected chi connectivity index (χ4v) is 2.38. The quantitative estimate of drug-likeness (QED) is 0.671. The number of hydrogen-bond acceptors (Lipinski definition) is 4. The Kier molecular flexibility index (Phi) is 5.34. The van der Waals surface area contributed by atoms with Gasteiger partial charge in [-0.2, -0.15) is 0 Å². The molecule has 0 saturated carbocycles. The van der Waals surface area contributed by atoms with Gasteiger partial charge in [-0.1, -0.05) is 11.6 Å². The van der Waals surface area contributed by atoms with Crippen LogP contribution in [0.5, 0.6) is 5.75 Å². The van der Waals surface area contributed by atoms with Gasteiger partial charge in [0.15, 0.2) is 0 Å². The highest BCUT2D eigenvalue weighted by atomic mass is 35.5. The second kappa shape index (κ2) is 7.84. The van der Waals surface area contributed by atoms with Crippen molar-refractivity contribution in [1.82, 2.24) is 4.98 Å². The van der Waals surface area contributed by atoms with Crippen LogP contribution in [-0.2, 0) is 0 Å². The summed E-state index contributed by atoms with van der Waals surface area (Å²) in [5.74, 6) is 0.449. The molecule has 0 spiro atoms. The molecule has 0 saturated heterocycles. The molecule has 0 unspecified atom stereocenters. The van der Waals surface area contributed by atoms with Crippen LogP contribution >= 0.6 is 11.6 Å². The number of nitrogens with one attached hydrogen (secondary N) is 2. The molecule has 0 bridgehead atoms. The molecule has 1 aromatic heterocycles. The molecule has 5 nitrogen and oxygen atoms in total. The van der Waals surface area contributed by atoms with Crippen LogP contribution in [0.3, 0.4) is 0 Å². The molecule has 0 fully saturated rings. The lowest BCUT2D eigenvalue weighted by molar-refractivity contribution is 0.102. The Balaban J connectivity index is 1.66. The van der Waals surface area contributed by atoms with Crippen LogP contribution in [-0.4, -0.2) is 18.0 Å². The van der Waals surface area contributed by atoms with Crippen LogP contribution in [0.2, 0.25) is 5.02 Å². The third-order valence-electron chi connectivity index (χ3n) is 3.57. The zero-order chi connectivity index (χ0) is 18.5. The van der Waals surface area contributed by atoms with E-state index in [4.69, 9.17) is 16.3 Å². The fraction of sp³-hybridized carbons (Fsp3) is 0.0526. The van der Waals surface area contributed by atoms with Crippen molar-refractivity contribution in [2.75, 3.05) is 17.7 Å². The van der Waals surface area contributed by atoms with Gasteiger partial charge in [0, 0.05) is 17.6 Å². The first-order valence-electron chi connectivity index (χ1n) is 7.69. The lowest BCUT2D eigenvalue weighted by Gasteiger charge is -2.08. The number of carbonyl (C=O) groups is 1. The molecule has 26 heavy (non-hydrogen) atoms. The molecule has 7 heteroatoms. The molecule has 3 rings (SSSR count). The van der Waals surface area contributed by atoms with Gasteiger partial charge in [-0.25, -0.2) is 9.37 Å². The number of ether oxygens (including phenoxy) is 1. The summed E-state index contributed by atoms with van der Waals surface area (Å²) >= 11 is 5.71. The Morgan fingerprint density at radius 1 is 1.08 bits per heavy atom. The second-order valence-electron chi connectivity index (χ2n) is 5.37. The minimum Gasteiger partial charge on any atom is -0.497 e. The molecule has 0 aliphatic heterocycles. The predicted octanol–water partition coefficient (Wildman–Crippen LogP) is 4.88. The van der Waals surface area contributed by atoms with Crippen molar-refractivity contribution in [3.05, 3.63) is 77.2 Å². The molecular formula is C19H15ClFN3O2. The number of amides is 1. The number of hydrogen-bond donors (Lipinski definition) is 2. The van der Waals surface area contributed by atoms with E-state index in [9.17, 15) is 9.18 Å². The first-order valence-corrected chi connectivity index (χ1v) is 8.06. The topological polar surface area (TPSA) is 63.2 Å². The zero-order valence-corrected chi connectivity index (χ0v) is 14.5. The number of carbonyl (C=O) groups excluding carboxylic acids is 1. The zero-order valence-electron chi connectivity index (χ0n) is 13.8. The highest BCUT2D eigenvalue weighted by Crippen LogP contribution is 2.21. The summed E-state index contributed by atoms with van der Waals surface area (Å²) in [6, 6.07) is 14.7. The Labute approximate surface area is 154 Å². The van der Waals surface area contributed by atoms with Gasteiger partial charge < -0.3 is 15.4 Å². The smallest absolute Gasteiger partial charge is 0.257 e. The van der Waals surface area contributed by atoms with E-state index in [1.165, 1.54) is 24.4 Å². The van der Waals surface area contributed by atoms with Crippen molar-refractivity contribution in [2.24, 2.45) is 0 Å². The second-order valence-corrected chi connectivity index (χ2v) is 5.78. The molecule has 1 heterocycles. The molecule has 2 N–H and O–H groups in total. The summed E-state index contributed by atoms with van der Waals surface area (Å²) in [6.07, 6.45) is 1.45. The van der Waals surface area contributed by atoms with E-state index in [1.54, 1.807) is 19.2 Å². The molecular weight excluding hydrogens is 357 g/mol. The molecule has 2 aromatic carbocycles. The van der Waals surface area contributed by atoms with Crippen LogP contribution in [0.4, 0.5) is 21.6 Å². The van der Waals surface area contributed by atoms with Gasteiger partial charge in [-0.3, -0.25) is 4.79 Å². The molecule has 3 aromatic rings. The van der Waals surface area contributed by atoms with Crippen molar-refractivity contribution in [3.63, 3.8) is 0 Å². The third-order valence-corrected chi connectivity index (χ3v) is 3.86. The largest absolute Gasteiger partial charge is 0.497 e. The fourth-order valence-electron chi connectivity index (χ4n) is 2.20. The Morgan fingerprint density at radius 2 is 1.81 bits per heavy atom. The van der Waals surface area contributed by atoms with E-state index in [0.29, 0.717) is 17.1 Å². The first-order chi connectivity index (χ1) is 12.5. The monoisotopic (exact) mass is 371 g/mol. The average molecular weight is 372 g/mol. The normalized spacial score (nSPS) is 10.3. The van der Waals surface area contributed by atoms with Gasteiger partial charge >= 0.3 is 0 Å². The number of methoxy groups -OCH3 is 1. The number of rotatable bonds is 5. The molecule has 0 aliphatic rings. The van der Waals surface area contributed by atoms with Crippen LogP contribution in [0, 0.1) is 5.82 Å².